The van der Waals surface area contributed by atoms with Gasteiger partial charge in [0, 0.05) is 18.6 Å². The molecule has 0 aromatic rings. The molecule has 0 aromatic carbocycles. The highest BCUT2D eigenvalue weighted by Gasteiger charge is 2.29. The molecule has 0 saturated carbocycles. The van der Waals surface area contributed by atoms with Gasteiger partial charge in [0.05, 0.1) is 30.8 Å². The third kappa shape index (κ3) is 11.7. The van der Waals surface area contributed by atoms with Gasteiger partial charge < -0.3 is 25.6 Å². The Bertz CT molecular complexity index is 762. The van der Waals surface area contributed by atoms with Gasteiger partial charge in [0.2, 0.25) is 17.5 Å². The van der Waals surface area contributed by atoms with E-state index in [2.05, 4.69) is 14.8 Å². The van der Waals surface area contributed by atoms with Gasteiger partial charge in [-0.3, -0.25) is 19.2 Å². The topological polar surface area (TPSA) is 199 Å². The Kier molecular flexibility index (Phi) is 14.8. The summed E-state index contributed by atoms with van der Waals surface area (Å²) in [7, 11) is 0.981. The summed E-state index contributed by atoms with van der Waals surface area (Å²) in [5, 5.41) is 11.3. The van der Waals surface area contributed by atoms with Crippen LogP contribution in [-0.2, 0) is 38.2 Å². The van der Waals surface area contributed by atoms with E-state index in [0.717, 1.165) is 30.6 Å². The minimum atomic E-state index is -1.57. The summed E-state index contributed by atoms with van der Waals surface area (Å²) in [6, 6.07) is -2.56. The molecule has 3 amide bonds. The van der Waals surface area contributed by atoms with Gasteiger partial charge >= 0.3 is 18.0 Å². The maximum absolute atomic E-state index is 12.4. The number of nitrogens with one attached hydrogen (secondary N) is 1. The molecule has 0 aliphatic rings. The lowest BCUT2D eigenvalue weighted by Crippen LogP contribution is -2.54. The van der Waals surface area contributed by atoms with Gasteiger partial charge in [0.25, 0.3) is 5.91 Å². The molecule has 15 heteroatoms. The standard InChI is InChI=1S/C18H27N3O10S2/c1-4-30-16(26)12(22)8-32-6-10(19)14(24)20-11(15(25)21(3)18(28)29)7-33-9-13(23)17(27)31-5-2/h10-11H,4-9,19H2,1-3H3,(H,20,24)(H,28,29). The normalized spacial score (nSPS) is 12.1. The van der Waals surface area contributed by atoms with Crippen molar-refractivity contribution in [2.24, 2.45) is 5.73 Å². The predicted octanol–water partition coefficient (Wildman–Crippen LogP) is -1.33. The molecule has 0 aliphatic heterocycles. The number of amides is 3. The molecule has 0 aliphatic carbocycles. The lowest BCUT2D eigenvalue weighted by atomic mass is 10.2. The highest BCUT2D eigenvalue weighted by Crippen LogP contribution is 2.09. The average molecular weight is 510 g/mol. The number of likely N-dealkylation sites (N-methyl/N-ethyl adjacent to an activating group) is 1. The molecule has 2 unspecified atom stereocenters. The Hall–Kier alpha value is -2.65. The molecule has 2 atom stereocenters. The average Bonchev–Trinajstić information content (AvgIpc) is 2.76. The SMILES string of the molecule is CCOC(=O)C(=O)CSCC(N)C(=O)NC(CSCC(=O)C(=O)OCC)C(=O)N(C)C(=O)O. The fraction of sp³-hybridized carbons (Fsp3) is 0.611. The number of esters is 2. The van der Waals surface area contributed by atoms with Crippen LogP contribution in [0, 0.1) is 0 Å². The zero-order valence-corrected chi connectivity index (χ0v) is 20.0. The van der Waals surface area contributed by atoms with Crippen LogP contribution in [-0.4, -0.2) is 107 Å². The Morgan fingerprint density at radius 1 is 0.909 bits per heavy atom. The van der Waals surface area contributed by atoms with Crippen LogP contribution in [0.15, 0.2) is 0 Å². The van der Waals surface area contributed by atoms with E-state index < -0.39 is 53.5 Å². The number of nitrogens with zero attached hydrogens (tertiary/aromatic N) is 1. The number of carbonyl (C=O) groups excluding carboxylic acids is 6. The first-order valence-corrected chi connectivity index (χ1v) is 11.9. The van der Waals surface area contributed by atoms with E-state index in [-0.39, 0.29) is 36.2 Å². The molecule has 0 radical (unpaired) electrons. The molecule has 0 aromatic heterocycles. The number of rotatable bonds is 15. The second kappa shape index (κ2) is 16.0. The van der Waals surface area contributed by atoms with Crippen molar-refractivity contribution in [1.82, 2.24) is 10.2 Å². The van der Waals surface area contributed by atoms with E-state index in [1.54, 1.807) is 6.92 Å². The van der Waals surface area contributed by atoms with E-state index >= 15 is 0 Å². The molecule has 0 rings (SSSR count). The van der Waals surface area contributed by atoms with Crippen LogP contribution in [0.4, 0.5) is 4.79 Å². The van der Waals surface area contributed by atoms with Gasteiger partial charge in [0.15, 0.2) is 0 Å². The molecule has 33 heavy (non-hydrogen) atoms. The first kappa shape index (κ1) is 30.4. The Morgan fingerprint density at radius 2 is 1.36 bits per heavy atom. The molecule has 4 N–H and O–H groups in total. The van der Waals surface area contributed by atoms with Crippen molar-refractivity contribution in [2.75, 3.05) is 43.3 Å². The number of hydrogen-bond acceptors (Lipinski definition) is 12. The number of hydrogen-bond donors (Lipinski definition) is 3. The Labute approximate surface area is 198 Å². The summed E-state index contributed by atoms with van der Waals surface area (Å²) in [6.07, 6.45) is -1.57. The molecule has 0 bridgehead atoms. The monoisotopic (exact) mass is 509 g/mol. The largest absolute Gasteiger partial charge is 0.465 e. The Morgan fingerprint density at radius 3 is 1.79 bits per heavy atom. The van der Waals surface area contributed by atoms with Crippen molar-refractivity contribution >= 4 is 64.9 Å². The van der Waals surface area contributed by atoms with Gasteiger partial charge in [-0.05, 0) is 13.8 Å². The predicted molar refractivity (Wildman–Crippen MR) is 119 cm³/mol. The lowest BCUT2D eigenvalue weighted by Gasteiger charge is -2.22. The number of Topliss-reactive ketones (excluding diaryl/α,β-unsaturated/α-hetero) is 2. The van der Waals surface area contributed by atoms with Crippen LogP contribution in [0.3, 0.4) is 0 Å². The zero-order valence-electron chi connectivity index (χ0n) is 18.4. The molecule has 0 spiro atoms. The van der Waals surface area contributed by atoms with Crippen LogP contribution in [0.5, 0.6) is 0 Å². The lowest BCUT2D eigenvalue weighted by molar-refractivity contribution is -0.152. The van der Waals surface area contributed by atoms with Gasteiger partial charge in [-0.1, -0.05) is 0 Å². The van der Waals surface area contributed by atoms with Crippen LogP contribution in [0.1, 0.15) is 13.8 Å². The number of ether oxygens (including phenoxy) is 2. The molecule has 0 saturated heterocycles. The van der Waals surface area contributed by atoms with Gasteiger partial charge in [-0.15, -0.1) is 0 Å². The van der Waals surface area contributed by atoms with Crippen molar-refractivity contribution in [1.29, 1.82) is 0 Å². The smallest absolute Gasteiger partial charge is 0.413 e. The van der Waals surface area contributed by atoms with Gasteiger partial charge in [0.1, 0.15) is 6.04 Å². The fourth-order valence-corrected chi connectivity index (χ4v) is 3.66. The van der Waals surface area contributed by atoms with Crippen molar-refractivity contribution in [2.45, 2.75) is 25.9 Å². The minimum absolute atomic E-state index is 0.0110. The molecular formula is C18H27N3O10S2. The second-order valence-electron chi connectivity index (χ2n) is 6.17. The van der Waals surface area contributed by atoms with Crippen molar-refractivity contribution < 1.29 is 48.1 Å². The van der Waals surface area contributed by atoms with Gasteiger partial charge in [-0.25, -0.2) is 19.3 Å². The summed E-state index contributed by atoms with van der Waals surface area (Å²) in [4.78, 5) is 82.0. The highest BCUT2D eigenvalue weighted by atomic mass is 32.2. The summed E-state index contributed by atoms with van der Waals surface area (Å²) >= 11 is 1.72. The number of carboxylic acid groups (broad SMARTS) is 1. The number of imide groups is 1. The number of carbonyl (C=O) groups is 7. The van der Waals surface area contributed by atoms with E-state index in [9.17, 15) is 33.6 Å². The number of thioether (sulfide) groups is 2. The van der Waals surface area contributed by atoms with Gasteiger partial charge in [-0.2, -0.15) is 23.5 Å². The van der Waals surface area contributed by atoms with E-state index in [1.165, 1.54) is 6.92 Å². The first-order chi connectivity index (χ1) is 15.5. The summed E-state index contributed by atoms with van der Waals surface area (Å²) in [5.74, 6) is -6.43. The van der Waals surface area contributed by atoms with Crippen molar-refractivity contribution in [3.05, 3.63) is 0 Å². The van der Waals surface area contributed by atoms with Crippen LogP contribution in [0.25, 0.3) is 0 Å². The molecule has 186 valence electrons. The highest BCUT2D eigenvalue weighted by molar-refractivity contribution is 8.00. The third-order valence-electron chi connectivity index (χ3n) is 3.62. The maximum atomic E-state index is 12.4. The summed E-state index contributed by atoms with van der Waals surface area (Å²) < 4.78 is 9.12. The third-order valence-corrected chi connectivity index (χ3v) is 5.72. The van der Waals surface area contributed by atoms with Crippen LogP contribution >= 0.6 is 23.5 Å². The quantitative estimate of drug-likeness (QED) is 0.173. The van der Waals surface area contributed by atoms with Crippen molar-refractivity contribution in [3.63, 3.8) is 0 Å². The van der Waals surface area contributed by atoms with E-state index in [4.69, 9.17) is 10.8 Å². The molecule has 0 fully saturated rings. The van der Waals surface area contributed by atoms with Crippen LogP contribution in [0.2, 0.25) is 0 Å². The fourth-order valence-electron chi connectivity index (χ4n) is 1.95. The van der Waals surface area contributed by atoms with Crippen molar-refractivity contribution in [3.8, 4) is 0 Å². The summed E-state index contributed by atoms with van der Waals surface area (Å²) in [6.45, 7) is 3.12. The molecule has 13 nitrogen and oxygen atoms in total. The first-order valence-electron chi connectivity index (χ1n) is 9.57. The van der Waals surface area contributed by atoms with E-state index in [1.807, 2.05) is 0 Å². The molecular weight excluding hydrogens is 482 g/mol. The summed E-state index contributed by atoms with van der Waals surface area (Å²) in [5.41, 5.74) is 5.75. The molecule has 0 heterocycles. The Balaban J connectivity index is 4.93. The zero-order chi connectivity index (χ0) is 25.6. The second-order valence-corrected chi connectivity index (χ2v) is 8.23. The number of ketones is 2. The van der Waals surface area contributed by atoms with E-state index in [0.29, 0.717) is 4.90 Å². The minimum Gasteiger partial charge on any atom is -0.465 e. The van der Waals surface area contributed by atoms with Crippen LogP contribution < -0.4 is 11.1 Å². The maximum Gasteiger partial charge on any atom is 0.413 e. The number of nitrogens with two attached hydrogens (primary N) is 1.